The molecular formula is C13H16BrNO3S. The van der Waals surface area contributed by atoms with E-state index >= 15 is 0 Å². The average Bonchev–Trinajstić information content (AvgIpc) is 2.40. The van der Waals surface area contributed by atoms with Gasteiger partial charge in [-0.3, -0.25) is 9.59 Å². The van der Waals surface area contributed by atoms with Crippen molar-refractivity contribution < 1.29 is 14.3 Å². The molecule has 0 bridgehead atoms. The topological polar surface area (TPSA) is 55.4 Å². The lowest BCUT2D eigenvalue weighted by Gasteiger charge is -2.09. The third-order valence-electron chi connectivity index (χ3n) is 2.35. The van der Waals surface area contributed by atoms with Gasteiger partial charge in [-0.25, -0.2) is 0 Å². The zero-order valence-electron chi connectivity index (χ0n) is 10.8. The SMILES string of the molecule is COC(=O)C(C)CSCC(=O)Nc1ccccc1Br. The second-order valence-electron chi connectivity index (χ2n) is 3.97. The van der Waals surface area contributed by atoms with Crippen LogP contribution in [-0.4, -0.2) is 30.5 Å². The van der Waals surface area contributed by atoms with Gasteiger partial charge in [-0.2, -0.15) is 11.8 Å². The summed E-state index contributed by atoms with van der Waals surface area (Å²) >= 11 is 4.77. The fraction of sp³-hybridized carbons (Fsp3) is 0.385. The molecule has 0 aliphatic carbocycles. The highest BCUT2D eigenvalue weighted by Gasteiger charge is 2.14. The summed E-state index contributed by atoms with van der Waals surface area (Å²) in [5, 5.41) is 2.80. The first-order valence-corrected chi connectivity index (χ1v) is 7.69. The average molecular weight is 346 g/mol. The van der Waals surface area contributed by atoms with Crippen molar-refractivity contribution in [1.82, 2.24) is 0 Å². The summed E-state index contributed by atoms with van der Waals surface area (Å²) in [5.74, 6) is 0.331. The summed E-state index contributed by atoms with van der Waals surface area (Å²) in [6.45, 7) is 1.78. The lowest BCUT2D eigenvalue weighted by molar-refractivity contribution is -0.144. The predicted octanol–water partition coefficient (Wildman–Crippen LogP) is 2.93. The molecule has 6 heteroatoms. The maximum absolute atomic E-state index is 11.7. The van der Waals surface area contributed by atoms with Gasteiger partial charge < -0.3 is 10.1 Å². The third-order valence-corrected chi connectivity index (χ3v) is 4.25. The zero-order chi connectivity index (χ0) is 14.3. The molecule has 1 N–H and O–H groups in total. The van der Waals surface area contributed by atoms with Crippen LogP contribution in [0.15, 0.2) is 28.7 Å². The minimum Gasteiger partial charge on any atom is -0.469 e. The van der Waals surface area contributed by atoms with Crippen molar-refractivity contribution in [3.8, 4) is 0 Å². The van der Waals surface area contributed by atoms with Gasteiger partial charge in [0, 0.05) is 10.2 Å². The largest absolute Gasteiger partial charge is 0.469 e. The molecular weight excluding hydrogens is 330 g/mol. The number of hydrogen-bond donors (Lipinski definition) is 1. The van der Waals surface area contributed by atoms with Gasteiger partial charge in [0.25, 0.3) is 0 Å². The molecule has 1 unspecified atom stereocenters. The number of anilines is 1. The summed E-state index contributed by atoms with van der Waals surface area (Å²) in [7, 11) is 1.36. The van der Waals surface area contributed by atoms with Crippen molar-refractivity contribution in [3.63, 3.8) is 0 Å². The van der Waals surface area contributed by atoms with Crippen LogP contribution >= 0.6 is 27.7 Å². The Labute approximate surface area is 125 Å². The predicted molar refractivity (Wildman–Crippen MR) is 81.3 cm³/mol. The molecule has 19 heavy (non-hydrogen) atoms. The number of benzene rings is 1. The van der Waals surface area contributed by atoms with Crippen LogP contribution in [0.25, 0.3) is 0 Å². The number of carbonyl (C=O) groups excluding carboxylic acids is 2. The van der Waals surface area contributed by atoms with E-state index in [1.807, 2.05) is 24.3 Å². The molecule has 0 saturated carbocycles. The number of nitrogens with one attached hydrogen (secondary N) is 1. The van der Waals surface area contributed by atoms with E-state index in [0.29, 0.717) is 11.5 Å². The van der Waals surface area contributed by atoms with E-state index in [0.717, 1.165) is 10.2 Å². The van der Waals surface area contributed by atoms with E-state index in [-0.39, 0.29) is 17.8 Å². The van der Waals surface area contributed by atoms with Crippen molar-refractivity contribution in [2.24, 2.45) is 5.92 Å². The number of rotatable bonds is 6. The molecule has 4 nitrogen and oxygen atoms in total. The van der Waals surface area contributed by atoms with Crippen LogP contribution < -0.4 is 5.32 Å². The second-order valence-corrected chi connectivity index (χ2v) is 5.85. The van der Waals surface area contributed by atoms with Crippen molar-refractivity contribution in [1.29, 1.82) is 0 Å². The van der Waals surface area contributed by atoms with Crippen LogP contribution in [0.2, 0.25) is 0 Å². The maximum atomic E-state index is 11.7. The van der Waals surface area contributed by atoms with Crippen molar-refractivity contribution in [3.05, 3.63) is 28.7 Å². The number of thioether (sulfide) groups is 1. The van der Waals surface area contributed by atoms with Crippen LogP contribution in [0.1, 0.15) is 6.92 Å². The molecule has 1 rings (SSSR count). The molecule has 0 aromatic heterocycles. The highest BCUT2D eigenvalue weighted by molar-refractivity contribution is 9.10. The first-order chi connectivity index (χ1) is 9.04. The van der Waals surface area contributed by atoms with E-state index in [1.54, 1.807) is 6.92 Å². The van der Waals surface area contributed by atoms with Crippen molar-refractivity contribution in [2.45, 2.75) is 6.92 Å². The lowest BCUT2D eigenvalue weighted by Crippen LogP contribution is -2.18. The molecule has 104 valence electrons. The molecule has 0 spiro atoms. The Kier molecular flexibility index (Phi) is 6.94. The van der Waals surface area contributed by atoms with E-state index in [1.165, 1.54) is 18.9 Å². The van der Waals surface area contributed by atoms with Crippen molar-refractivity contribution >= 4 is 45.3 Å². The van der Waals surface area contributed by atoms with E-state index in [4.69, 9.17) is 0 Å². The molecule has 0 fully saturated rings. The maximum Gasteiger partial charge on any atom is 0.309 e. The minimum absolute atomic E-state index is 0.0889. The highest BCUT2D eigenvalue weighted by Crippen LogP contribution is 2.21. The summed E-state index contributed by atoms with van der Waals surface area (Å²) in [6, 6.07) is 7.42. The van der Waals surface area contributed by atoms with E-state index < -0.39 is 0 Å². The molecule has 0 aliphatic rings. The minimum atomic E-state index is -0.251. The van der Waals surface area contributed by atoms with Crippen LogP contribution in [0.5, 0.6) is 0 Å². The number of amides is 1. The summed E-state index contributed by atoms with van der Waals surface area (Å²) < 4.78 is 5.47. The quantitative estimate of drug-likeness (QED) is 0.805. The first kappa shape index (κ1) is 16.0. The normalized spacial score (nSPS) is 11.7. The molecule has 1 aromatic rings. The Morgan fingerprint density at radius 2 is 2.11 bits per heavy atom. The van der Waals surface area contributed by atoms with Crippen LogP contribution in [-0.2, 0) is 14.3 Å². The fourth-order valence-corrected chi connectivity index (χ4v) is 2.60. The zero-order valence-corrected chi connectivity index (χ0v) is 13.2. The van der Waals surface area contributed by atoms with Gasteiger partial charge in [0.05, 0.1) is 24.5 Å². The second kappa shape index (κ2) is 8.22. The fourth-order valence-electron chi connectivity index (χ4n) is 1.35. The van der Waals surface area contributed by atoms with Gasteiger partial charge in [0.2, 0.25) is 5.91 Å². The smallest absolute Gasteiger partial charge is 0.309 e. The Morgan fingerprint density at radius 3 is 2.74 bits per heavy atom. The Balaban J connectivity index is 2.33. The Morgan fingerprint density at radius 1 is 1.42 bits per heavy atom. The number of carbonyl (C=O) groups is 2. The lowest BCUT2D eigenvalue weighted by atomic mass is 10.2. The Hall–Kier alpha value is -1.01. The molecule has 1 aromatic carbocycles. The number of hydrogen-bond acceptors (Lipinski definition) is 4. The van der Waals surface area contributed by atoms with Gasteiger partial charge in [-0.15, -0.1) is 0 Å². The van der Waals surface area contributed by atoms with Gasteiger partial charge in [0.1, 0.15) is 0 Å². The number of methoxy groups -OCH3 is 1. The number of halogens is 1. The van der Waals surface area contributed by atoms with Gasteiger partial charge >= 0.3 is 5.97 Å². The van der Waals surface area contributed by atoms with E-state index in [9.17, 15) is 9.59 Å². The van der Waals surface area contributed by atoms with E-state index in [2.05, 4.69) is 26.0 Å². The standard InChI is InChI=1S/C13H16BrNO3S/c1-9(13(17)18-2)7-19-8-12(16)15-11-6-4-3-5-10(11)14/h3-6,9H,7-8H2,1-2H3,(H,15,16). The molecule has 0 radical (unpaired) electrons. The van der Waals surface area contributed by atoms with Gasteiger partial charge in [-0.1, -0.05) is 19.1 Å². The van der Waals surface area contributed by atoms with Crippen molar-refractivity contribution in [2.75, 3.05) is 23.9 Å². The van der Waals surface area contributed by atoms with Gasteiger partial charge in [0.15, 0.2) is 0 Å². The van der Waals surface area contributed by atoms with Gasteiger partial charge in [-0.05, 0) is 28.1 Å². The monoisotopic (exact) mass is 345 g/mol. The molecule has 0 heterocycles. The number of ether oxygens (including phenoxy) is 1. The summed E-state index contributed by atoms with van der Waals surface area (Å²) in [5.41, 5.74) is 0.745. The van der Waals surface area contributed by atoms with Crippen LogP contribution in [0.3, 0.4) is 0 Å². The van der Waals surface area contributed by atoms with Crippen LogP contribution in [0, 0.1) is 5.92 Å². The first-order valence-electron chi connectivity index (χ1n) is 5.74. The van der Waals surface area contributed by atoms with Crippen LogP contribution in [0.4, 0.5) is 5.69 Å². The highest BCUT2D eigenvalue weighted by atomic mass is 79.9. The number of para-hydroxylation sites is 1. The summed E-state index contributed by atoms with van der Waals surface area (Å²) in [6.07, 6.45) is 0. The molecule has 1 atom stereocenters. The third kappa shape index (κ3) is 5.65. The molecule has 0 saturated heterocycles. The molecule has 0 aliphatic heterocycles. The number of esters is 1. The summed E-state index contributed by atoms with van der Waals surface area (Å²) in [4.78, 5) is 22.9. The Bertz CT molecular complexity index is 453. The molecule has 1 amide bonds.